The number of hydrogen-bond acceptors (Lipinski definition) is 4. The van der Waals surface area contributed by atoms with Gasteiger partial charge in [-0.25, -0.2) is 0 Å². The average Bonchev–Trinajstić information content (AvgIpc) is 3.04. The molecular formula is C16H26N2O4S. The second kappa shape index (κ2) is 7.11. The molecule has 0 spiro atoms. The molecule has 2 rings (SSSR count). The second-order valence-corrected chi connectivity index (χ2v) is 8.67. The fraction of sp³-hybridized carbons (Fsp3) is 0.812. The van der Waals surface area contributed by atoms with Crippen molar-refractivity contribution in [1.29, 1.82) is 0 Å². The van der Waals surface area contributed by atoms with Crippen molar-refractivity contribution in [2.75, 3.05) is 11.6 Å². The monoisotopic (exact) mass is 342 g/mol. The normalized spacial score (nSPS) is 28.0. The molecule has 0 bridgehead atoms. The van der Waals surface area contributed by atoms with Crippen molar-refractivity contribution in [1.82, 2.24) is 10.2 Å². The predicted molar refractivity (Wildman–Crippen MR) is 88.9 cm³/mol. The van der Waals surface area contributed by atoms with Crippen LogP contribution in [-0.4, -0.2) is 51.5 Å². The topological polar surface area (TPSA) is 86.7 Å². The van der Waals surface area contributed by atoms with Crippen molar-refractivity contribution in [3.63, 3.8) is 0 Å². The highest BCUT2D eigenvalue weighted by Crippen LogP contribution is 2.28. The van der Waals surface area contributed by atoms with E-state index >= 15 is 0 Å². The number of amides is 2. The molecule has 1 saturated carbocycles. The summed E-state index contributed by atoms with van der Waals surface area (Å²) in [7, 11) is 0. The Morgan fingerprint density at radius 2 is 1.96 bits per heavy atom. The molecule has 2 N–H and O–H groups in total. The van der Waals surface area contributed by atoms with Gasteiger partial charge in [-0.3, -0.25) is 14.4 Å². The van der Waals surface area contributed by atoms with Crippen LogP contribution in [0.25, 0.3) is 0 Å². The molecule has 2 fully saturated rings. The predicted octanol–water partition coefficient (Wildman–Crippen LogP) is 1.69. The molecular weight excluding hydrogens is 316 g/mol. The first-order valence-electron chi connectivity index (χ1n) is 8.08. The van der Waals surface area contributed by atoms with E-state index in [2.05, 4.69) is 5.32 Å². The molecule has 1 unspecified atom stereocenters. The van der Waals surface area contributed by atoms with Gasteiger partial charge in [0.05, 0.1) is 11.8 Å². The van der Waals surface area contributed by atoms with Gasteiger partial charge in [0.15, 0.2) is 0 Å². The zero-order chi connectivity index (χ0) is 17.2. The molecule has 7 heteroatoms. The Morgan fingerprint density at radius 1 is 1.26 bits per heavy atom. The molecule has 1 heterocycles. The fourth-order valence-corrected chi connectivity index (χ4v) is 4.28. The van der Waals surface area contributed by atoms with Gasteiger partial charge in [0.2, 0.25) is 11.8 Å². The lowest BCUT2D eigenvalue weighted by Crippen LogP contribution is -2.50. The number of aliphatic carboxylic acids is 1. The van der Waals surface area contributed by atoms with E-state index in [-0.39, 0.29) is 29.2 Å². The Balaban J connectivity index is 1.91. The Kier molecular flexibility index (Phi) is 5.60. The van der Waals surface area contributed by atoms with Crippen molar-refractivity contribution >= 4 is 29.5 Å². The summed E-state index contributed by atoms with van der Waals surface area (Å²) in [6, 6.07) is -0.521. The molecule has 2 amide bonds. The van der Waals surface area contributed by atoms with Gasteiger partial charge in [0.25, 0.3) is 0 Å². The lowest BCUT2D eigenvalue weighted by Gasteiger charge is -2.27. The molecule has 130 valence electrons. The number of nitrogens with zero attached hydrogens (tertiary/aromatic N) is 1. The minimum atomic E-state index is -0.792. The molecule has 1 aliphatic carbocycles. The van der Waals surface area contributed by atoms with Crippen molar-refractivity contribution in [2.24, 2.45) is 11.3 Å². The summed E-state index contributed by atoms with van der Waals surface area (Å²) >= 11 is 1.59. The number of carboxylic acid groups (broad SMARTS) is 1. The van der Waals surface area contributed by atoms with E-state index in [0.717, 1.165) is 0 Å². The molecule has 6 nitrogen and oxygen atoms in total. The zero-order valence-electron chi connectivity index (χ0n) is 14.0. The number of nitrogens with one attached hydrogen (secondary N) is 1. The van der Waals surface area contributed by atoms with Gasteiger partial charge in [-0.15, -0.1) is 11.8 Å². The quantitative estimate of drug-likeness (QED) is 0.812. The summed E-state index contributed by atoms with van der Waals surface area (Å²) in [6.07, 6.45) is 2.20. The first-order valence-corrected chi connectivity index (χ1v) is 9.23. The van der Waals surface area contributed by atoms with Crippen molar-refractivity contribution in [2.45, 2.75) is 58.5 Å². The fourth-order valence-electron chi connectivity index (χ4n) is 3.10. The number of rotatable bonds is 4. The van der Waals surface area contributed by atoms with Crippen LogP contribution in [0, 0.1) is 11.3 Å². The zero-order valence-corrected chi connectivity index (χ0v) is 14.8. The van der Waals surface area contributed by atoms with Crippen LogP contribution in [-0.2, 0) is 14.4 Å². The highest BCUT2D eigenvalue weighted by atomic mass is 32.2. The van der Waals surface area contributed by atoms with Crippen molar-refractivity contribution < 1.29 is 19.5 Å². The van der Waals surface area contributed by atoms with Gasteiger partial charge < -0.3 is 15.3 Å². The maximum atomic E-state index is 12.5. The maximum Gasteiger partial charge on any atom is 0.306 e. The molecule has 0 aromatic rings. The van der Waals surface area contributed by atoms with E-state index in [0.29, 0.717) is 37.3 Å². The third-order valence-electron chi connectivity index (χ3n) is 4.32. The second-order valence-electron chi connectivity index (χ2n) is 7.67. The van der Waals surface area contributed by atoms with Crippen molar-refractivity contribution in [3.05, 3.63) is 0 Å². The Labute approximate surface area is 141 Å². The summed E-state index contributed by atoms with van der Waals surface area (Å²) in [6.45, 7) is 6.02. The molecule has 1 aliphatic heterocycles. The number of carboxylic acids is 1. The van der Waals surface area contributed by atoms with Crippen LogP contribution in [0.15, 0.2) is 0 Å². The van der Waals surface area contributed by atoms with E-state index in [1.807, 2.05) is 20.8 Å². The molecule has 23 heavy (non-hydrogen) atoms. The van der Waals surface area contributed by atoms with Gasteiger partial charge >= 0.3 is 5.97 Å². The van der Waals surface area contributed by atoms with Crippen LogP contribution in [0.5, 0.6) is 0 Å². The summed E-state index contributed by atoms with van der Waals surface area (Å²) in [5.41, 5.74) is -0.106. The van der Waals surface area contributed by atoms with Crippen LogP contribution >= 0.6 is 11.8 Å². The number of thioether (sulfide) groups is 1. The largest absolute Gasteiger partial charge is 0.481 e. The van der Waals surface area contributed by atoms with Gasteiger partial charge in [0.1, 0.15) is 6.04 Å². The van der Waals surface area contributed by atoms with Gasteiger partial charge in [-0.05, 0) is 24.7 Å². The third-order valence-corrected chi connectivity index (χ3v) is 5.33. The van der Waals surface area contributed by atoms with Crippen LogP contribution in [0.1, 0.15) is 46.5 Å². The summed E-state index contributed by atoms with van der Waals surface area (Å²) in [5, 5.41) is 12.0. The van der Waals surface area contributed by atoms with E-state index in [9.17, 15) is 14.4 Å². The lowest BCUT2D eigenvalue weighted by molar-refractivity contribution is -0.141. The first kappa shape index (κ1) is 18.1. The minimum Gasteiger partial charge on any atom is -0.481 e. The summed E-state index contributed by atoms with van der Waals surface area (Å²) in [5.74, 6) is -0.130. The van der Waals surface area contributed by atoms with E-state index < -0.39 is 12.0 Å². The highest BCUT2D eigenvalue weighted by molar-refractivity contribution is 7.99. The summed E-state index contributed by atoms with van der Waals surface area (Å²) in [4.78, 5) is 37.6. The van der Waals surface area contributed by atoms with E-state index in [1.54, 1.807) is 16.7 Å². The van der Waals surface area contributed by atoms with E-state index in [4.69, 9.17) is 5.11 Å². The Hall–Kier alpha value is -1.24. The van der Waals surface area contributed by atoms with Gasteiger partial charge in [-0.1, -0.05) is 20.8 Å². The van der Waals surface area contributed by atoms with Crippen LogP contribution in [0.2, 0.25) is 0 Å². The first-order chi connectivity index (χ1) is 10.7. The number of carbonyl (C=O) groups excluding carboxylic acids is 2. The minimum absolute atomic E-state index is 0.0116. The van der Waals surface area contributed by atoms with Gasteiger partial charge in [-0.2, -0.15) is 0 Å². The summed E-state index contributed by atoms with van der Waals surface area (Å²) < 4.78 is 0. The van der Waals surface area contributed by atoms with Gasteiger partial charge in [0, 0.05) is 18.2 Å². The smallest absolute Gasteiger partial charge is 0.306 e. The number of carbonyl (C=O) groups is 3. The van der Waals surface area contributed by atoms with Crippen LogP contribution in [0.4, 0.5) is 0 Å². The molecule has 0 aromatic heterocycles. The SMILES string of the molecule is CC(C)(C)CC(=O)N1CSCC1C(=O)N[C@@H]1CC[C@H](C(=O)O)C1. The lowest BCUT2D eigenvalue weighted by atomic mass is 9.91. The molecule has 1 saturated heterocycles. The third kappa shape index (κ3) is 4.86. The van der Waals surface area contributed by atoms with Crippen molar-refractivity contribution in [3.8, 4) is 0 Å². The number of hydrogen-bond donors (Lipinski definition) is 2. The van der Waals surface area contributed by atoms with Crippen LogP contribution in [0.3, 0.4) is 0 Å². The molecule has 0 radical (unpaired) electrons. The molecule has 0 aromatic carbocycles. The van der Waals surface area contributed by atoms with E-state index in [1.165, 1.54) is 0 Å². The Morgan fingerprint density at radius 3 is 2.52 bits per heavy atom. The van der Waals surface area contributed by atoms with Crippen LogP contribution < -0.4 is 5.32 Å². The highest BCUT2D eigenvalue weighted by Gasteiger charge is 2.38. The molecule has 2 aliphatic rings. The molecule has 3 atom stereocenters. The Bertz CT molecular complexity index is 489. The maximum absolute atomic E-state index is 12.5. The average molecular weight is 342 g/mol. The standard InChI is InChI=1S/C16H26N2O4S/c1-16(2,3)7-13(19)18-9-23-8-12(18)14(20)17-11-5-4-10(6-11)15(21)22/h10-12H,4-9H2,1-3H3,(H,17,20)(H,21,22)/t10-,11+,12?/m0/s1.